The number of carbonyl (C=O) groups excluding carboxylic acids is 1. The summed E-state index contributed by atoms with van der Waals surface area (Å²) >= 11 is 6.05. The maximum atomic E-state index is 12.1. The number of nitrogens with zero attached hydrogens (tertiary/aromatic N) is 1. The SMILES string of the molecule is O=C1CNC(c2cccc(Cl)c2)N1CC1CCCOC1. The van der Waals surface area contributed by atoms with Gasteiger partial charge in [0.15, 0.2) is 0 Å². The first-order valence-corrected chi connectivity index (χ1v) is 7.48. The van der Waals surface area contributed by atoms with Gasteiger partial charge in [0.25, 0.3) is 0 Å². The van der Waals surface area contributed by atoms with Crippen LogP contribution >= 0.6 is 11.6 Å². The average Bonchev–Trinajstić information content (AvgIpc) is 2.82. The first kappa shape index (κ1) is 13.9. The van der Waals surface area contributed by atoms with Gasteiger partial charge in [0.05, 0.1) is 13.2 Å². The van der Waals surface area contributed by atoms with E-state index in [4.69, 9.17) is 16.3 Å². The molecule has 3 rings (SSSR count). The molecule has 0 aromatic heterocycles. The van der Waals surface area contributed by atoms with Crippen molar-refractivity contribution in [3.8, 4) is 0 Å². The minimum Gasteiger partial charge on any atom is -0.381 e. The topological polar surface area (TPSA) is 41.6 Å². The Morgan fingerprint density at radius 2 is 2.35 bits per heavy atom. The molecule has 2 atom stereocenters. The molecule has 1 aromatic rings. The molecule has 2 heterocycles. The molecule has 0 radical (unpaired) electrons. The van der Waals surface area contributed by atoms with Gasteiger partial charge in [-0.1, -0.05) is 23.7 Å². The second-order valence-electron chi connectivity index (χ2n) is 5.47. The first-order chi connectivity index (χ1) is 9.74. The van der Waals surface area contributed by atoms with Gasteiger partial charge in [0.2, 0.25) is 5.91 Å². The summed E-state index contributed by atoms with van der Waals surface area (Å²) in [5.74, 6) is 0.592. The van der Waals surface area contributed by atoms with Crippen LogP contribution in [0, 0.1) is 5.92 Å². The number of nitrogens with one attached hydrogen (secondary N) is 1. The van der Waals surface area contributed by atoms with Gasteiger partial charge in [-0.3, -0.25) is 10.1 Å². The molecule has 5 heteroatoms. The van der Waals surface area contributed by atoms with Crippen molar-refractivity contribution >= 4 is 17.5 Å². The molecule has 4 nitrogen and oxygen atoms in total. The number of halogens is 1. The molecule has 2 saturated heterocycles. The summed E-state index contributed by atoms with van der Waals surface area (Å²) in [7, 11) is 0. The van der Waals surface area contributed by atoms with Crippen molar-refractivity contribution in [1.29, 1.82) is 0 Å². The highest BCUT2D eigenvalue weighted by Crippen LogP contribution is 2.27. The maximum absolute atomic E-state index is 12.1. The van der Waals surface area contributed by atoms with E-state index in [1.165, 1.54) is 0 Å². The fraction of sp³-hybridized carbons (Fsp3) is 0.533. The number of hydrogen-bond acceptors (Lipinski definition) is 3. The number of ether oxygens (including phenoxy) is 1. The Balaban J connectivity index is 1.74. The van der Waals surface area contributed by atoms with Gasteiger partial charge in [0, 0.05) is 24.1 Å². The van der Waals surface area contributed by atoms with Gasteiger partial charge in [-0.25, -0.2) is 0 Å². The molecule has 2 aliphatic heterocycles. The van der Waals surface area contributed by atoms with Crippen LogP contribution in [-0.2, 0) is 9.53 Å². The van der Waals surface area contributed by atoms with Crippen LogP contribution in [0.25, 0.3) is 0 Å². The van der Waals surface area contributed by atoms with Crippen molar-refractivity contribution in [2.24, 2.45) is 5.92 Å². The van der Waals surface area contributed by atoms with Crippen LogP contribution in [0.5, 0.6) is 0 Å². The Labute approximate surface area is 124 Å². The van der Waals surface area contributed by atoms with Gasteiger partial charge in [-0.15, -0.1) is 0 Å². The minimum atomic E-state index is -0.0665. The summed E-state index contributed by atoms with van der Waals surface area (Å²) < 4.78 is 5.51. The number of benzene rings is 1. The fourth-order valence-corrected chi connectivity index (χ4v) is 3.15. The largest absolute Gasteiger partial charge is 0.381 e. The van der Waals surface area contributed by atoms with Crippen LogP contribution in [-0.4, -0.2) is 37.1 Å². The molecule has 2 fully saturated rings. The van der Waals surface area contributed by atoms with E-state index in [1.807, 2.05) is 29.2 Å². The van der Waals surface area contributed by atoms with Crippen LogP contribution in [0.2, 0.25) is 5.02 Å². The van der Waals surface area contributed by atoms with Gasteiger partial charge < -0.3 is 9.64 Å². The highest BCUT2D eigenvalue weighted by molar-refractivity contribution is 6.30. The third kappa shape index (κ3) is 2.97. The van der Waals surface area contributed by atoms with Gasteiger partial charge in [-0.2, -0.15) is 0 Å². The van der Waals surface area contributed by atoms with Gasteiger partial charge >= 0.3 is 0 Å². The molecule has 1 amide bonds. The Morgan fingerprint density at radius 1 is 1.45 bits per heavy atom. The molecular weight excluding hydrogens is 276 g/mol. The molecule has 108 valence electrons. The van der Waals surface area contributed by atoms with E-state index in [9.17, 15) is 4.79 Å². The Bertz CT molecular complexity index is 489. The zero-order valence-corrected chi connectivity index (χ0v) is 12.1. The van der Waals surface area contributed by atoms with E-state index in [0.717, 1.165) is 38.2 Å². The van der Waals surface area contributed by atoms with Crippen LogP contribution in [0.4, 0.5) is 0 Å². The molecule has 2 unspecified atom stereocenters. The van der Waals surface area contributed by atoms with Crippen molar-refractivity contribution in [3.63, 3.8) is 0 Å². The molecule has 0 bridgehead atoms. The van der Waals surface area contributed by atoms with E-state index >= 15 is 0 Å². The molecule has 2 aliphatic rings. The highest BCUT2D eigenvalue weighted by atomic mass is 35.5. The zero-order valence-electron chi connectivity index (χ0n) is 11.3. The maximum Gasteiger partial charge on any atom is 0.238 e. The monoisotopic (exact) mass is 294 g/mol. The smallest absolute Gasteiger partial charge is 0.238 e. The van der Waals surface area contributed by atoms with E-state index in [-0.39, 0.29) is 12.1 Å². The van der Waals surface area contributed by atoms with Crippen LogP contribution in [0.1, 0.15) is 24.6 Å². The summed E-state index contributed by atoms with van der Waals surface area (Å²) in [5, 5.41) is 3.97. The summed E-state index contributed by atoms with van der Waals surface area (Å²) in [5.41, 5.74) is 1.04. The lowest BCUT2D eigenvalue weighted by Crippen LogP contribution is -2.37. The lowest BCUT2D eigenvalue weighted by molar-refractivity contribution is -0.129. The quantitative estimate of drug-likeness (QED) is 0.929. The molecule has 1 N–H and O–H groups in total. The summed E-state index contributed by atoms with van der Waals surface area (Å²) in [6.45, 7) is 2.75. The molecule has 20 heavy (non-hydrogen) atoms. The molecule has 1 aromatic carbocycles. The van der Waals surface area contributed by atoms with Crippen LogP contribution in [0.3, 0.4) is 0 Å². The third-order valence-electron chi connectivity index (χ3n) is 3.95. The van der Waals surface area contributed by atoms with Crippen LogP contribution < -0.4 is 5.32 Å². The summed E-state index contributed by atoms with van der Waals surface area (Å²) in [4.78, 5) is 14.0. The average molecular weight is 295 g/mol. The normalized spacial score (nSPS) is 27.1. The van der Waals surface area contributed by atoms with Gasteiger partial charge in [-0.05, 0) is 30.5 Å². The highest BCUT2D eigenvalue weighted by Gasteiger charge is 2.33. The summed E-state index contributed by atoms with van der Waals surface area (Å²) in [6.07, 6.45) is 2.15. The Kier molecular flexibility index (Phi) is 4.24. The van der Waals surface area contributed by atoms with Crippen molar-refractivity contribution in [3.05, 3.63) is 34.9 Å². The second-order valence-corrected chi connectivity index (χ2v) is 5.90. The third-order valence-corrected chi connectivity index (χ3v) is 4.19. The predicted octanol–water partition coefficient (Wildman–Crippen LogP) is 2.20. The molecule has 0 saturated carbocycles. The van der Waals surface area contributed by atoms with E-state index in [0.29, 0.717) is 17.5 Å². The van der Waals surface area contributed by atoms with E-state index in [2.05, 4.69) is 5.32 Å². The lowest BCUT2D eigenvalue weighted by atomic mass is 10.0. The Hall–Kier alpha value is -1.10. The molecular formula is C15H19ClN2O2. The van der Waals surface area contributed by atoms with Gasteiger partial charge in [0.1, 0.15) is 6.17 Å². The minimum absolute atomic E-state index is 0.0665. The number of rotatable bonds is 3. The first-order valence-electron chi connectivity index (χ1n) is 7.10. The second kappa shape index (κ2) is 6.12. The Morgan fingerprint density at radius 3 is 3.10 bits per heavy atom. The number of amides is 1. The zero-order chi connectivity index (χ0) is 13.9. The van der Waals surface area contributed by atoms with Crippen molar-refractivity contribution < 1.29 is 9.53 Å². The van der Waals surface area contributed by atoms with E-state index in [1.54, 1.807) is 0 Å². The molecule has 0 spiro atoms. The number of carbonyl (C=O) groups is 1. The van der Waals surface area contributed by atoms with Crippen LogP contribution in [0.15, 0.2) is 24.3 Å². The number of hydrogen-bond donors (Lipinski definition) is 1. The van der Waals surface area contributed by atoms with Crippen molar-refractivity contribution in [2.45, 2.75) is 19.0 Å². The van der Waals surface area contributed by atoms with Crippen molar-refractivity contribution in [2.75, 3.05) is 26.3 Å². The standard InChI is InChI=1S/C15H19ClN2O2/c16-13-5-1-4-12(7-13)15-17-8-14(19)18(15)9-11-3-2-6-20-10-11/h1,4-5,7,11,15,17H,2-3,6,8-10H2. The predicted molar refractivity (Wildman–Crippen MR) is 77.5 cm³/mol. The van der Waals surface area contributed by atoms with Crippen molar-refractivity contribution in [1.82, 2.24) is 10.2 Å². The molecule has 0 aliphatic carbocycles. The lowest BCUT2D eigenvalue weighted by Gasteiger charge is -2.30. The van der Waals surface area contributed by atoms with E-state index < -0.39 is 0 Å². The summed E-state index contributed by atoms with van der Waals surface area (Å²) in [6, 6.07) is 7.69. The fourth-order valence-electron chi connectivity index (χ4n) is 2.95.